The Bertz CT molecular complexity index is 1150. The summed E-state index contributed by atoms with van der Waals surface area (Å²) < 4.78 is 24.7. The van der Waals surface area contributed by atoms with E-state index in [0.717, 1.165) is 12.0 Å². The van der Waals surface area contributed by atoms with E-state index in [4.69, 9.17) is 9.47 Å². The summed E-state index contributed by atoms with van der Waals surface area (Å²) in [5.41, 5.74) is 1.65. The van der Waals surface area contributed by atoms with E-state index in [9.17, 15) is 23.6 Å². The molecular weight excluding hydrogens is 445 g/mol. The van der Waals surface area contributed by atoms with Crippen LogP contribution in [0.25, 0.3) is 0 Å². The summed E-state index contributed by atoms with van der Waals surface area (Å²) in [4.78, 5) is 50.1. The molecule has 4 amide bonds. The molecule has 0 bridgehead atoms. The van der Waals surface area contributed by atoms with Crippen molar-refractivity contribution in [1.29, 1.82) is 0 Å². The Morgan fingerprint density at radius 1 is 1.21 bits per heavy atom. The second-order valence-electron chi connectivity index (χ2n) is 8.08. The first-order chi connectivity index (χ1) is 16.4. The average molecular weight is 469 g/mol. The van der Waals surface area contributed by atoms with Crippen molar-refractivity contribution in [3.63, 3.8) is 0 Å². The lowest BCUT2D eigenvalue weighted by atomic mass is 10.0. The second-order valence-corrected chi connectivity index (χ2v) is 8.08. The van der Waals surface area contributed by atoms with Crippen LogP contribution >= 0.6 is 0 Å². The molecule has 178 valence electrons. The number of piperidine rings is 1. The van der Waals surface area contributed by atoms with Crippen LogP contribution in [-0.2, 0) is 27.5 Å². The molecule has 0 aliphatic carbocycles. The number of amides is 4. The van der Waals surface area contributed by atoms with E-state index in [1.54, 1.807) is 18.2 Å². The lowest BCUT2D eigenvalue weighted by Gasteiger charge is -2.29. The first-order valence-electron chi connectivity index (χ1n) is 11.0. The van der Waals surface area contributed by atoms with Crippen LogP contribution in [0.1, 0.15) is 47.7 Å². The number of carbonyl (C=O) groups is 4. The van der Waals surface area contributed by atoms with Gasteiger partial charge in [0.25, 0.3) is 5.91 Å². The highest BCUT2D eigenvalue weighted by Crippen LogP contribution is 2.28. The topological polar surface area (TPSA) is 114 Å². The smallest absolute Gasteiger partial charge is 0.412 e. The van der Waals surface area contributed by atoms with Gasteiger partial charge in [0.1, 0.15) is 24.2 Å². The first kappa shape index (κ1) is 23.2. The lowest BCUT2D eigenvalue weighted by molar-refractivity contribution is -0.136. The molecule has 2 aromatic carbocycles. The zero-order chi connectivity index (χ0) is 24.2. The van der Waals surface area contributed by atoms with Gasteiger partial charge in [0.15, 0.2) is 0 Å². The minimum Gasteiger partial charge on any atom is -0.494 e. The van der Waals surface area contributed by atoms with Crippen LogP contribution in [0.15, 0.2) is 36.4 Å². The lowest BCUT2D eigenvalue weighted by Crippen LogP contribution is -2.52. The Hall–Kier alpha value is -3.95. The van der Waals surface area contributed by atoms with Gasteiger partial charge in [-0.2, -0.15) is 0 Å². The van der Waals surface area contributed by atoms with Crippen LogP contribution in [-0.4, -0.2) is 41.4 Å². The molecule has 2 aromatic rings. The van der Waals surface area contributed by atoms with E-state index in [-0.39, 0.29) is 43.5 Å². The van der Waals surface area contributed by atoms with E-state index in [2.05, 4.69) is 10.6 Å². The highest BCUT2D eigenvalue weighted by molar-refractivity contribution is 6.05. The minimum absolute atomic E-state index is 0.0670. The normalized spacial score (nSPS) is 17.3. The summed E-state index contributed by atoms with van der Waals surface area (Å²) in [6.45, 7) is 2.53. The molecule has 0 spiro atoms. The molecule has 2 heterocycles. The summed E-state index contributed by atoms with van der Waals surface area (Å²) in [7, 11) is 0. The van der Waals surface area contributed by atoms with Crippen molar-refractivity contribution < 1.29 is 33.0 Å². The van der Waals surface area contributed by atoms with E-state index < -0.39 is 23.9 Å². The highest BCUT2D eigenvalue weighted by atomic mass is 19.1. The fourth-order valence-electron chi connectivity index (χ4n) is 3.90. The Balaban J connectivity index is 1.37. The molecule has 1 fully saturated rings. The fourth-order valence-corrected chi connectivity index (χ4v) is 3.90. The third-order valence-electron chi connectivity index (χ3n) is 5.61. The van der Waals surface area contributed by atoms with Crippen molar-refractivity contribution in [1.82, 2.24) is 10.2 Å². The molecule has 1 saturated heterocycles. The van der Waals surface area contributed by atoms with Gasteiger partial charge in [-0.05, 0) is 42.2 Å². The van der Waals surface area contributed by atoms with E-state index in [1.807, 2.05) is 6.92 Å². The molecule has 10 heteroatoms. The van der Waals surface area contributed by atoms with Crippen LogP contribution in [0.4, 0.5) is 14.9 Å². The summed E-state index contributed by atoms with van der Waals surface area (Å²) >= 11 is 0. The number of rotatable bonds is 7. The van der Waals surface area contributed by atoms with Gasteiger partial charge in [-0.1, -0.05) is 19.1 Å². The van der Waals surface area contributed by atoms with Gasteiger partial charge in [0, 0.05) is 24.6 Å². The molecule has 2 N–H and O–H groups in total. The number of hydrogen-bond acceptors (Lipinski definition) is 6. The molecule has 2 aliphatic heterocycles. The highest BCUT2D eigenvalue weighted by Gasteiger charge is 2.39. The van der Waals surface area contributed by atoms with Gasteiger partial charge in [-0.3, -0.25) is 25.0 Å². The fraction of sp³-hybridized carbons (Fsp3) is 0.333. The van der Waals surface area contributed by atoms with Gasteiger partial charge in [0.05, 0.1) is 12.3 Å². The van der Waals surface area contributed by atoms with Crippen LogP contribution in [0.5, 0.6) is 5.75 Å². The number of hydrogen-bond donors (Lipinski definition) is 2. The van der Waals surface area contributed by atoms with E-state index in [0.29, 0.717) is 23.5 Å². The number of imide groups is 1. The number of benzene rings is 2. The molecule has 34 heavy (non-hydrogen) atoms. The Labute approximate surface area is 195 Å². The quantitative estimate of drug-likeness (QED) is 0.603. The third-order valence-corrected chi connectivity index (χ3v) is 5.61. The predicted octanol–water partition coefficient (Wildman–Crippen LogP) is 3.12. The van der Waals surface area contributed by atoms with Crippen molar-refractivity contribution in [2.24, 2.45) is 0 Å². The Morgan fingerprint density at radius 3 is 2.79 bits per heavy atom. The van der Waals surface area contributed by atoms with Crippen molar-refractivity contribution in [2.45, 2.75) is 45.4 Å². The molecule has 0 radical (unpaired) electrons. The standard InChI is InChI=1S/C24H24FN3O6/c1-2-9-33-16-5-6-18(25)19(11-16)26-24(32)34-13-14-3-4-15-12-28(23(31)17(15)10-14)20-7-8-21(29)27-22(20)30/h3-6,10-11,20H,2,7-9,12-13H2,1H3,(H,26,32)(H,27,29,30). The molecule has 9 nitrogen and oxygen atoms in total. The first-order valence-corrected chi connectivity index (χ1v) is 11.0. The molecule has 1 unspecified atom stereocenters. The van der Waals surface area contributed by atoms with Crippen molar-refractivity contribution in [3.8, 4) is 5.75 Å². The molecular formula is C24H24FN3O6. The molecule has 0 aromatic heterocycles. The number of halogens is 1. The summed E-state index contributed by atoms with van der Waals surface area (Å²) in [5, 5.41) is 4.62. The zero-order valence-corrected chi connectivity index (χ0v) is 18.6. The summed E-state index contributed by atoms with van der Waals surface area (Å²) in [6, 6.07) is 8.41. The van der Waals surface area contributed by atoms with Crippen molar-refractivity contribution >= 4 is 29.5 Å². The van der Waals surface area contributed by atoms with Crippen LogP contribution in [0.3, 0.4) is 0 Å². The predicted molar refractivity (Wildman–Crippen MR) is 118 cm³/mol. The number of fused-ring (bicyclic) bond motifs is 1. The number of anilines is 1. The van der Waals surface area contributed by atoms with Gasteiger partial charge in [-0.15, -0.1) is 0 Å². The van der Waals surface area contributed by atoms with Crippen molar-refractivity contribution in [3.05, 3.63) is 58.9 Å². The SMILES string of the molecule is CCCOc1ccc(F)c(NC(=O)OCc2ccc3c(c2)C(=O)N(C2CCC(=O)NC2=O)C3)c1. The number of carbonyl (C=O) groups excluding carboxylic acids is 4. The summed E-state index contributed by atoms with van der Waals surface area (Å²) in [6.07, 6.45) is 0.390. The largest absolute Gasteiger partial charge is 0.494 e. The van der Waals surface area contributed by atoms with Crippen LogP contribution < -0.4 is 15.4 Å². The van der Waals surface area contributed by atoms with Crippen LogP contribution in [0, 0.1) is 5.82 Å². The molecule has 1 atom stereocenters. The maximum absolute atomic E-state index is 14.0. The monoisotopic (exact) mass is 469 g/mol. The van der Waals surface area contributed by atoms with Gasteiger partial charge < -0.3 is 14.4 Å². The zero-order valence-electron chi connectivity index (χ0n) is 18.6. The number of nitrogens with zero attached hydrogens (tertiary/aromatic N) is 1. The Morgan fingerprint density at radius 2 is 2.03 bits per heavy atom. The van der Waals surface area contributed by atoms with Crippen LogP contribution in [0.2, 0.25) is 0 Å². The van der Waals surface area contributed by atoms with E-state index >= 15 is 0 Å². The number of nitrogens with one attached hydrogen (secondary N) is 2. The second kappa shape index (κ2) is 9.90. The molecule has 4 rings (SSSR count). The minimum atomic E-state index is -0.858. The van der Waals surface area contributed by atoms with E-state index in [1.165, 1.54) is 23.1 Å². The maximum Gasteiger partial charge on any atom is 0.412 e. The average Bonchev–Trinajstić information content (AvgIpc) is 3.14. The van der Waals surface area contributed by atoms with Gasteiger partial charge in [0.2, 0.25) is 11.8 Å². The number of ether oxygens (including phenoxy) is 2. The Kier molecular flexibility index (Phi) is 6.76. The van der Waals surface area contributed by atoms with Gasteiger partial charge in [-0.25, -0.2) is 9.18 Å². The molecule has 0 saturated carbocycles. The maximum atomic E-state index is 14.0. The van der Waals surface area contributed by atoms with Crippen molar-refractivity contribution in [2.75, 3.05) is 11.9 Å². The molecule has 2 aliphatic rings. The van der Waals surface area contributed by atoms with Gasteiger partial charge >= 0.3 is 6.09 Å². The third kappa shape index (κ3) is 5.00. The summed E-state index contributed by atoms with van der Waals surface area (Å²) in [5.74, 6) is -1.34.